The van der Waals surface area contributed by atoms with Crippen molar-refractivity contribution in [2.75, 3.05) is 39.3 Å². The number of ether oxygens (including phenoxy) is 1. The summed E-state index contributed by atoms with van der Waals surface area (Å²) in [5.74, 6) is 1.09. The molecular formula is C26H36FN3O3. The second-order valence-electron chi connectivity index (χ2n) is 10.1. The van der Waals surface area contributed by atoms with Crippen LogP contribution in [0.3, 0.4) is 0 Å². The average Bonchev–Trinajstić information content (AvgIpc) is 3.24. The Morgan fingerprint density at radius 1 is 1.06 bits per heavy atom. The number of β-amino-alcohol motifs (C(OH)–C–C–N with tert-alkyl or cyclic N) is 1. The van der Waals surface area contributed by atoms with Crippen LogP contribution in [0.15, 0.2) is 42.6 Å². The molecule has 4 rings (SSSR count). The minimum Gasteiger partial charge on any atom is -0.477 e. The summed E-state index contributed by atoms with van der Waals surface area (Å²) in [5.41, 5.74) is 1.69. The standard InChI is InChI=1S/C26H36FN3O3/c1-26(2,27)18-29-12-9-19(10-13-29)17-33-24-8-7-22(15-28-24)20-3-5-21(6-4-20)25(32)30-14-11-23(31)16-30/h3-8,15,19,23,25,31-32H,9-14,16-18H2,1-2H3. The SMILES string of the molecule is CC(C)(F)CN1CCC(COc2ccc(-c3ccc(C(O)N4CCC(O)C4)cc3)cn2)CC1. The van der Waals surface area contributed by atoms with Crippen molar-refractivity contribution >= 4 is 0 Å². The van der Waals surface area contributed by atoms with Gasteiger partial charge in [0.25, 0.3) is 0 Å². The molecule has 180 valence electrons. The first-order chi connectivity index (χ1) is 15.8. The molecule has 2 aliphatic rings. The van der Waals surface area contributed by atoms with Crippen molar-refractivity contribution in [1.29, 1.82) is 0 Å². The molecule has 0 radical (unpaired) electrons. The van der Waals surface area contributed by atoms with Crippen LogP contribution in [0.25, 0.3) is 11.1 Å². The second kappa shape index (κ2) is 10.5. The van der Waals surface area contributed by atoms with Crippen LogP contribution in [-0.4, -0.2) is 76.1 Å². The molecule has 33 heavy (non-hydrogen) atoms. The maximum absolute atomic E-state index is 13.8. The fraction of sp³-hybridized carbons (Fsp3) is 0.577. The summed E-state index contributed by atoms with van der Waals surface area (Å²) in [5, 5.41) is 20.2. The fourth-order valence-electron chi connectivity index (χ4n) is 4.73. The topological polar surface area (TPSA) is 69.1 Å². The number of piperidine rings is 1. The molecule has 0 amide bonds. The zero-order chi connectivity index (χ0) is 23.4. The largest absolute Gasteiger partial charge is 0.477 e. The first-order valence-corrected chi connectivity index (χ1v) is 12.0. The van der Waals surface area contributed by atoms with Gasteiger partial charge in [-0.05, 0) is 69.3 Å². The molecule has 1 aromatic carbocycles. The van der Waals surface area contributed by atoms with E-state index >= 15 is 0 Å². The van der Waals surface area contributed by atoms with Crippen molar-refractivity contribution in [2.24, 2.45) is 5.92 Å². The molecule has 0 bridgehead atoms. The number of alkyl halides is 1. The normalized spacial score (nSPS) is 21.9. The van der Waals surface area contributed by atoms with Gasteiger partial charge < -0.3 is 19.8 Å². The molecule has 2 saturated heterocycles. The lowest BCUT2D eigenvalue weighted by atomic mass is 9.97. The lowest BCUT2D eigenvalue weighted by Crippen LogP contribution is -2.41. The number of benzene rings is 1. The Bertz CT molecular complexity index is 877. The van der Waals surface area contributed by atoms with Crippen LogP contribution in [0.1, 0.15) is 44.9 Å². The van der Waals surface area contributed by atoms with Gasteiger partial charge in [0.1, 0.15) is 11.9 Å². The molecule has 0 saturated carbocycles. The molecule has 2 atom stereocenters. The average molecular weight is 458 g/mol. The maximum Gasteiger partial charge on any atom is 0.213 e. The van der Waals surface area contributed by atoms with E-state index in [0.29, 0.717) is 44.5 Å². The number of hydrogen-bond acceptors (Lipinski definition) is 6. The van der Waals surface area contributed by atoms with Crippen molar-refractivity contribution in [3.63, 3.8) is 0 Å². The van der Waals surface area contributed by atoms with Crippen LogP contribution >= 0.6 is 0 Å². The molecule has 2 N–H and O–H groups in total. The monoisotopic (exact) mass is 457 g/mol. The number of aliphatic hydroxyl groups is 2. The van der Waals surface area contributed by atoms with Crippen molar-refractivity contribution < 1.29 is 19.3 Å². The molecule has 0 aliphatic carbocycles. The van der Waals surface area contributed by atoms with Crippen molar-refractivity contribution in [3.05, 3.63) is 48.2 Å². The van der Waals surface area contributed by atoms with Gasteiger partial charge in [-0.25, -0.2) is 9.37 Å². The van der Waals surface area contributed by atoms with E-state index in [9.17, 15) is 14.6 Å². The number of halogens is 1. The van der Waals surface area contributed by atoms with Gasteiger partial charge in [-0.3, -0.25) is 4.90 Å². The van der Waals surface area contributed by atoms with Gasteiger partial charge >= 0.3 is 0 Å². The quantitative estimate of drug-likeness (QED) is 0.631. The first-order valence-electron chi connectivity index (χ1n) is 12.0. The van der Waals surface area contributed by atoms with Crippen LogP contribution in [-0.2, 0) is 0 Å². The van der Waals surface area contributed by atoms with Crippen LogP contribution in [0.5, 0.6) is 5.88 Å². The minimum absolute atomic E-state index is 0.354. The molecule has 1 aromatic heterocycles. The third-order valence-electron chi connectivity index (χ3n) is 6.59. The number of hydrogen-bond donors (Lipinski definition) is 2. The van der Waals surface area contributed by atoms with E-state index in [1.165, 1.54) is 0 Å². The summed E-state index contributed by atoms with van der Waals surface area (Å²) in [6.45, 7) is 7.43. The van der Waals surface area contributed by atoms with Crippen LogP contribution in [0, 0.1) is 5.92 Å². The highest BCUT2D eigenvalue weighted by atomic mass is 19.1. The van der Waals surface area contributed by atoms with Crippen LogP contribution < -0.4 is 4.74 Å². The Balaban J connectivity index is 1.25. The highest BCUT2D eigenvalue weighted by Gasteiger charge is 2.27. The number of likely N-dealkylation sites (tertiary alicyclic amines) is 2. The Labute approximate surface area is 196 Å². The molecule has 2 unspecified atom stereocenters. The fourth-order valence-corrected chi connectivity index (χ4v) is 4.73. The van der Waals surface area contributed by atoms with Gasteiger partial charge in [-0.2, -0.15) is 0 Å². The Morgan fingerprint density at radius 3 is 2.33 bits per heavy atom. The summed E-state index contributed by atoms with van der Waals surface area (Å²) in [7, 11) is 0. The lowest BCUT2D eigenvalue weighted by molar-refractivity contribution is 0.0103. The smallest absolute Gasteiger partial charge is 0.213 e. The summed E-state index contributed by atoms with van der Waals surface area (Å²) >= 11 is 0. The van der Waals surface area contributed by atoms with Crippen LogP contribution in [0.4, 0.5) is 4.39 Å². The molecule has 0 spiro atoms. The molecule has 2 aliphatic heterocycles. The summed E-state index contributed by atoms with van der Waals surface area (Å²) < 4.78 is 19.8. The number of nitrogens with zero attached hydrogens (tertiary/aromatic N) is 3. The Kier molecular flexibility index (Phi) is 7.64. The van der Waals surface area contributed by atoms with Gasteiger partial charge in [0.15, 0.2) is 0 Å². The molecule has 2 aromatic rings. The van der Waals surface area contributed by atoms with E-state index in [0.717, 1.165) is 42.6 Å². The molecule has 6 nitrogen and oxygen atoms in total. The summed E-state index contributed by atoms with van der Waals surface area (Å²) in [6.07, 6.45) is 3.49. The zero-order valence-corrected chi connectivity index (χ0v) is 19.7. The van der Waals surface area contributed by atoms with E-state index in [-0.39, 0.29) is 6.10 Å². The van der Waals surface area contributed by atoms with E-state index in [1.54, 1.807) is 13.8 Å². The predicted octanol–water partition coefficient (Wildman–Crippen LogP) is 3.65. The van der Waals surface area contributed by atoms with Crippen molar-refractivity contribution in [3.8, 4) is 17.0 Å². The number of aromatic nitrogens is 1. The Hall–Kier alpha value is -2.06. The van der Waals surface area contributed by atoms with E-state index in [4.69, 9.17) is 4.74 Å². The summed E-state index contributed by atoms with van der Waals surface area (Å²) in [4.78, 5) is 8.55. The van der Waals surface area contributed by atoms with E-state index in [2.05, 4.69) is 9.88 Å². The van der Waals surface area contributed by atoms with Gasteiger partial charge in [-0.1, -0.05) is 24.3 Å². The van der Waals surface area contributed by atoms with E-state index in [1.807, 2.05) is 47.5 Å². The number of aliphatic hydroxyl groups excluding tert-OH is 2. The van der Waals surface area contributed by atoms with Crippen molar-refractivity contribution in [1.82, 2.24) is 14.8 Å². The van der Waals surface area contributed by atoms with Gasteiger partial charge in [0, 0.05) is 37.5 Å². The molecule has 3 heterocycles. The number of rotatable bonds is 8. The maximum atomic E-state index is 13.8. The second-order valence-corrected chi connectivity index (χ2v) is 10.1. The first kappa shape index (κ1) is 24.1. The highest BCUT2D eigenvalue weighted by molar-refractivity contribution is 5.63. The molecule has 7 heteroatoms. The Morgan fingerprint density at radius 2 is 1.76 bits per heavy atom. The highest BCUT2D eigenvalue weighted by Crippen LogP contribution is 2.27. The summed E-state index contributed by atoms with van der Waals surface area (Å²) in [6, 6.07) is 11.7. The van der Waals surface area contributed by atoms with Crippen molar-refractivity contribution in [2.45, 2.75) is 51.1 Å². The van der Waals surface area contributed by atoms with Gasteiger partial charge in [0.2, 0.25) is 5.88 Å². The predicted molar refractivity (Wildman–Crippen MR) is 127 cm³/mol. The van der Waals surface area contributed by atoms with Gasteiger partial charge in [-0.15, -0.1) is 0 Å². The lowest BCUT2D eigenvalue weighted by Gasteiger charge is -2.34. The van der Waals surface area contributed by atoms with E-state index < -0.39 is 11.9 Å². The van der Waals surface area contributed by atoms with Crippen LogP contribution in [0.2, 0.25) is 0 Å². The minimum atomic E-state index is -1.15. The number of pyridine rings is 1. The van der Waals surface area contributed by atoms with Gasteiger partial charge in [0.05, 0.1) is 12.7 Å². The molecule has 2 fully saturated rings. The zero-order valence-electron chi connectivity index (χ0n) is 19.7. The molecular weight excluding hydrogens is 421 g/mol. The third kappa shape index (κ3) is 6.73. The third-order valence-corrected chi connectivity index (χ3v) is 6.59.